The van der Waals surface area contributed by atoms with Gasteiger partial charge < -0.3 is 14.8 Å². The number of aryl methyl sites for hydroxylation is 1. The molecule has 1 N–H and O–H groups in total. The summed E-state index contributed by atoms with van der Waals surface area (Å²) >= 11 is 3.04. The number of carbonyl (C=O) groups excluding carboxylic acids is 1. The van der Waals surface area contributed by atoms with E-state index in [1.807, 2.05) is 73.1 Å². The molecule has 0 saturated heterocycles. The van der Waals surface area contributed by atoms with Crippen LogP contribution in [0.1, 0.15) is 5.56 Å². The number of hydrogen-bond acceptors (Lipinski definition) is 7. The Bertz CT molecular complexity index is 1540. The van der Waals surface area contributed by atoms with Gasteiger partial charge in [0.15, 0.2) is 11.0 Å². The highest BCUT2D eigenvalue weighted by molar-refractivity contribution is 7.99. The monoisotopic (exact) mass is 514 g/mol. The molecule has 5 rings (SSSR count). The predicted molar refractivity (Wildman–Crippen MR) is 150 cm³/mol. The molecule has 0 spiro atoms. The van der Waals surface area contributed by atoms with Gasteiger partial charge in [0.25, 0.3) is 0 Å². The second-order valence-electron chi connectivity index (χ2n) is 8.71. The summed E-state index contributed by atoms with van der Waals surface area (Å²) in [5.74, 6) is 0.910. The molecule has 0 unspecified atom stereocenters. The molecule has 7 nitrogen and oxygen atoms in total. The molecule has 2 aromatic heterocycles. The maximum atomic E-state index is 12.6. The van der Waals surface area contributed by atoms with Gasteiger partial charge in [-0.05, 0) is 61.0 Å². The van der Waals surface area contributed by atoms with Gasteiger partial charge in [0.05, 0.1) is 16.0 Å². The second kappa shape index (κ2) is 10.1. The van der Waals surface area contributed by atoms with Gasteiger partial charge in [-0.3, -0.25) is 4.79 Å². The van der Waals surface area contributed by atoms with Crippen LogP contribution in [0, 0.1) is 6.92 Å². The molecule has 0 fully saturated rings. The van der Waals surface area contributed by atoms with Crippen molar-refractivity contribution in [2.45, 2.75) is 12.1 Å². The van der Waals surface area contributed by atoms with E-state index in [1.165, 1.54) is 22.0 Å². The number of rotatable bonds is 7. The molecule has 5 aromatic rings. The zero-order valence-electron chi connectivity index (χ0n) is 20.5. The van der Waals surface area contributed by atoms with Crippen LogP contribution >= 0.6 is 23.1 Å². The van der Waals surface area contributed by atoms with Crippen molar-refractivity contribution in [2.75, 3.05) is 30.1 Å². The van der Waals surface area contributed by atoms with Crippen molar-refractivity contribution < 1.29 is 4.79 Å². The zero-order chi connectivity index (χ0) is 25.2. The average molecular weight is 515 g/mol. The number of benzene rings is 3. The maximum Gasteiger partial charge on any atom is 0.234 e. The molecule has 0 atom stereocenters. The normalized spacial score (nSPS) is 11.1. The zero-order valence-corrected chi connectivity index (χ0v) is 22.2. The van der Waals surface area contributed by atoms with Gasteiger partial charge in [-0.1, -0.05) is 30.0 Å². The Balaban J connectivity index is 1.21. The minimum Gasteiger partial charge on any atom is -0.378 e. The van der Waals surface area contributed by atoms with E-state index < -0.39 is 0 Å². The molecule has 0 bridgehead atoms. The summed E-state index contributed by atoms with van der Waals surface area (Å²) in [5.41, 5.74) is 6.09. The molecule has 0 aliphatic rings. The lowest BCUT2D eigenvalue weighted by atomic mass is 10.2. The second-order valence-corrected chi connectivity index (χ2v) is 10.7. The van der Waals surface area contributed by atoms with Crippen LogP contribution in [0.2, 0.25) is 0 Å². The predicted octanol–water partition coefficient (Wildman–Crippen LogP) is 5.86. The van der Waals surface area contributed by atoms with E-state index in [1.54, 1.807) is 11.3 Å². The molecule has 0 radical (unpaired) electrons. The van der Waals surface area contributed by atoms with Crippen LogP contribution in [0.5, 0.6) is 0 Å². The molecule has 36 heavy (non-hydrogen) atoms. The summed E-state index contributed by atoms with van der Waals surface area (Å²) < 4.78 is 3.10. The number of hydrogen-bond donors (Lipinski definition) is 1. The van der Waals surface area contributed by atoms with Crippen LogP contribution in [0.15, 0.2) is 71.9 Å². The molecule has 0 saturated carbocycles. The maximum absolute atomic E-state index is 12.6. The Hall–Kier alpha value is -3.69. The lowest BCUT2D eigenvalue weighted by Gasteiger charge is -2.13. The van der Waals surface area contributed by atoms with Crippen LogP contribution in [0.4, 0.5) is 11.4 Å². The number of nitrogens with zero attached hydrogens (tertiary/aromatic N) is 5. The van der Waals surface area contributed by atoms with Crippen molar-refractivity contribution in [1.82, 2.24) is 19.7 Å². The van der Waals surface area contributed by atoms with E-state index in [9.17, 15) is 4.79 Å². The van der Waals surface area contributed by atoms with Gasteiger partial charge in [-0.15, -0.1) is 21.5 Å². The topological polar surface area (TPSA) is 75.9 Å². The van der Waals surface area contributed by atoms with E-state index in [0.717, 1.165) is 38.9 Å². The van der Waals surface area contributed by atoms with Crippen molar-refractivity contribution in [3.05, 3.63) is 72.3 Å². The summed E-state index contributed by atoms with van der Waals surface area (Å²) in [6.07, 6.45) is 0. The van der Waals surface area contributed by atoms with Crippen molar-refractivity contribution in [3.63, 3.8) is 0 Å². The first-order valence-corrected chi connectivity index (χ1v) is 13.2. The van der Waals surface area contributed by atoms with E-state index >= 15 is 0 Å². The molecule has 3 aromatic carbocycles. The van der Waals surface area contributed by atoms with E-state index in [-0.39, 0.29) is 11.7 Å². The summed E-state index contributed by atoms with van der Waals surface area (Å²) in [6, 6.07) is 22.2. The molecule has 1 amide bonds. The Morgan fingerprint density at radius 2 is 1.83 bits per heavy atom. The number of aromatic nitrogens is 4. The van der Waals surface area contributed by atoms with Gasteiger partial charge >= 0.3 is 0 Å². The van der Waals surface area contributed by atoms with Gasteiger partial charge in [0, 0.05) is 43.6 Å². The highest BCUT2D eigenvalue weighted by atomic mass is 32.2. The number of thiazole rings is 1. The molecular formula is C27H26N6OS2. The average Bonchev–Trinajstić information content (AvgIpc) is 3.46. The summed E-state index contributed by atoms with van der Waals surface area (Å²) in [6.45, 7) is 2.09. The fourth-order valence-corrected chi connectivity index (χ4v) is 5.57. The van der Waals surface area contributed by atoms with Crippen molar-refractivity contribution in [3.8, 4) is 22.0 Å². The van der Waals surface area contributed by atoms with Gasteiger partial charge in [0.2, 0.25) is 5.91 Å². The fraction of sp³-hybridized carbons (Fsp3) is 0.185. The summed E-state index contributed by atoms with van der Waals surface area (Å²) in [5, 5.41) is 13.3. The number of thioether (sulfide) groups is 1. The first-order chi connectivity index (χ1) is 17.4. The summed E-state index contributed by atoms with van der Waals surface area (Å²) in [7, 11) is 5.93. The van der Waals surface area contributed by atoms with Crippen molar-refractivity contribution in [1.29, 1.82) is 0 Å². The summed E-state index contributed by atoms with van der Waals surface area (Å²) in [4.78, 5) is 19.4. The smallest absolute Gasteiger partial charge is 0.234 e. The van der Waals surface area contributed by atoms with Crippen molar-refractivity contribution >= 4 is 50.6 Å². The van der Waals surface area contributed by atoms with E-state index in [2.05, 4.69) is 46.7 Å². The van der Waals surface area contributed by atoms with Crippen LogP contribution in [-0.2, 0) is 11.8 Å². The number of fused-ring (bicyclic) bond motifs is 1. The number of carbonyl (C=O) groups is 1. The van der Waals surface area contributed by atoms with E-state index in [0.29, 0.717) is 5.16 Å². The van der Waals surface area contributed by atoms with Gasteiger partial charge in [-0.2, -0.15) is 0 Å². The van der Waals surface area contributed by atoms with Gasteiger partial charge in [-0.25, -0.2) is 4.98 Å². The Morgan fingerprint density at radius 3 is 2.61 bits per heavy atom. The highest BCUT2D eigenvalue weighted by Gasteiger charge is 2.14. The lowest BCUT2D eigenvalue weighted by Crippen LogP contribution is -2.14. The molecule has 0 aliphatic heterocycles. The number of nitrogens with one attached hydrogen (secondary N) is 1. The first kappa shape index (κ1) is 24.0. The lowest BCUT2D eigenvalue weighted by molar-refractivity contribution is -0.113. The van der Waals surface area contributed by atoms with Crippen LogP contribution in [0.25, 0.3) is 32.2 Å². The van der Waals surface area contributed by atoms with Gasteiger partial charge in [0.1, 0.15) is 5.01 Å². The Kier molecular flexibility index (Phi) is 6.75. The quantitative estimate of drug-likeness (QED) is 0.274. The Labute approximate surface area is 218 Å². The molecule has 9 heteroatoms. The highest BCUT2D eigenvalue weighted by Crippen LogP contribution is 2.31. The van der Waals surface area contributed by atoms with E-state index in [4.69, 9.17) is 4.98 Å². The SMILES string of the molecule is Cc1ccc2nc(-c3ccc(NC(=O)CSc4nnc(-c5cccc(N(C)C)c5)n4C)cc3)sc2c1. The molecule has 2 heterocycles. The first-order valence-electron chi connectivity index (χ1n) is 11.4. The third-order valence-corrected chi connectivity index (χ3v) is 7.84. The standard InChI is InChI=1S/C27H26N6OS2/c1-17-8-13-22-23(14-17)36-26(29-22)18-9-11-20(12-10-18)28-24(34)16-35-27-31-30-25(33(27)4)19-6-5-7-21(15-19)32(2)3/h5-15H,16H2,1-4H3,(H,28,34). The third-order valence-electron chi connectivity index (χ3n) is 5.75. The number of anilines is 2. The largest absolute Gasteiger partial charge is 0.378 e. The van der Waals surface area contributed by atoms with Crippen LogP contribution in [-0.4, -0.2) is 45.5 Å². The molecule has 0 aliphatic carbocycles. The van der Waals surface area contributed by atoms with Crippen molar-refractivity contribution in [2.24, 2.45) is 7.05 Å². The van der Waals surface area contributed by atoms with Crippen LogP contribution < -0.4 is 10.2 Å². The molecular weight excluding hydrogens is 488 g/mol. The fourth-order valence-electron chi connectivity index (χ4n) is 3.79. The third kappa shape index (κ3) is 5.12. The number of amides is 1. The minimum absolute atomic E-state index is 0.0950. The molecule has 182 valence electrons. The van der Waals surface area contributed by atoms with Crippen LogP contribution in [0.3, 0.4) is 0 Å². The minimum atomic E-state index is -0.0950. The Morgan fingerprint density at radius 1 is 1.03 bits per heavy atom.